The van der Waals surface area contributed by atoms with Gasteiger partial charge in [0.25, 0.3) is 0 Å². The molecular weight excluding hydrogens is 397 g/mol. The molecule has 2 heterocycles. The van der Waals surface area contributed by atoms with Crippen molar-refractivity contribution in [1.82, 2.24) is 15.2 Å². The van der Waals surface area contributed by atoms with E-state index in [2.05, 4.69) is 43.0 Å². The highest BCUT2D eigenvalue weighted by molar-refractivity contribution is 6.73. The number of nitrogens with zero attached hydrogens (tertiary/aromatic N) is 2. The predicted octanol–water partition coefficient (Wildman–Crippen LogP) is 5.38. The van der Waals surface area contributed by atoms with Crippen LogP contribution in [0.1, 0.15) is 45.3 Å². The molecule has 1 aliphatic heterocycles. The molecule has 2 rings (SSSR count). The highest BCUT2D eigenvalue weighted by atomic mass is 35.5. The van der Waals surface area contributed by atoms with Crippen LogP contribution in [-0.4, -0.2) is 51.4 Å². The fourth-order valence-corrected chi connectivity index (χ4v) is 7.33. The molecule has 7 heteroatoms. The monoisotopic (exact) mass is 431 g/mol. The van der Waals surface area contributed by atoms with Gasteiger partial charge in [-0.15, -0.1) is 0 Å². The molecule has 1 atom stereocenters. The van der Waals surface area contributed by atoms with Crippen LogP contribution in [-0.2, 0) is 4.43 Å². The van der Waals surface area contributed by atoms with Gasteiger partial charge in [-0.1, -0.05) is 44.0 Å². The highest BCUT2D eigenvalue weighted by Gasteiger charge is 2.34. The first-order valence-corrected chi connectivity index (χ1v) is 13.6. The molecule has 1 aromatic rings. The van der Waals surface area contributed by atoms with E-state index in [4.69, 9.17) is 27.6 Å². The lowest BCUT2D eigenvalue weighted by atomic mass is 9.97. The third kappa shape index (κ3) is 6.41. The molecule has 0 saturated carbocycles. The van der Waals surface area contributed by atoms with Crippen LogP contribution in [0.15, 0.2) is 12.4 Å². The number of pyridine rings is 1. The second kappa shape index (κ2) is 11.1. The summed E-state index contributed by atoms with van der Waals surface area (Å²) in [6.45, 7) is 10.9. The van der Waals surface area contributed by atoms with Crippen LogP contribution in [0.2, 0.25) is 28.2 Å². The second-order valence-electron chi connectivity index (χ2n) is 7.77. The molecule has 4 nitrogen and oxygen atoms in total. The Morgan fingerprint density at radius 2 is 1.70 bits per heavy atom. The van der Waals surface area contributed by atoms with Crippen molar-refractivity contribution >= 4 is 31.5 Å². The molecule has 0 amide bonds. The van der Waals surface area contributed by atoms with Crippen LogP contribution in [0.3, 0.4) is 0 Å². The van der Waals surface area contributed by atoms with Gasteiger partial charge in [0.15, 0.2) is 8.32 Å². The van der Waals surface area contributed by atoms with Crippen LogP contribution in [0, 0.1) is 5.92 Å². The van der Waals surface area contributed by atoms with Crippen molar-refractivity contribution in [1.29, 1.82) is 0 Å². The van der Waals surface area contributed by atoms with Crippen molar-refractivity contribution in [3.63, 3.8) is 0 Å². The first kappa shape index (κ1) is 23.1. The molecule has 0 spiro atoms. The highest BCUT2D eigenvalue weighted by Crippen LogP contribution is 2.36. The third-order valence-corrected chi connectivity index (χ3v) is 11.4. The maximum atomic E-state index is 6.81. The Hall–Kier alpha value is -0.173. The molecule has 1 N–H and O–H groups in total. The van der Waals surface area contributed by atoms with Crippen molar-refractivity contribution in [3.8, 4) is 0 Å². The molecule has 0 aromatic carbocycles. The minimum atomic E-state index is -1.79. The molecule has 0 bridgehead atoms. The van der Waals surface area contributed by atoms with Gasteiger partial charge in [0.1, 0.15) is 0 Å². The molecule has 154 valence electrons. The van der Waals surface area contributed by atoms with Crippen molar-refractivity contribution in [3.05, 3.63) is 28.0 Å². The van der Waals surface area contributed by atoms with E-state index < -0.39 is 8.32 Å². The van der Waals surface area contributed by atoms with Gasteiger partial charge in [-0.3, -0.25) is 4.98 Å². The first-order valence-electron chi connectivity index (χ1n) is 10.3. The lowest BCUT2D eigenvalue weighted by Gasteiger charge is -2.35. The van der Waals surface area contributed by atoms with Crippen molar-refractivity contribution in [2.24, 2.45) is 5.92 Å². The van der Waals surface area contributed by atoms with Gasteiger partial charge in [-0.2, -0.15) is 0 Å². The number of aromatic nitrogens is 1. The minimum absolute atomic E-state index is 0.120. The Labute approximate surface area is 176 Å². The molecule has 0 aliphatic carbocycles. The van der Waals surface area contributed by atoms with Crippen molar-refractivity contribution in [2.75, 3.05) is 33.2 Å². The van der Waals surface area contributed by atoms with Crippen LogP contribution in [0.4, 0.5) is 0 Å². The molecule has 1 fully saturated rings. The quantitative estimate of drug-likeness (QED) is 0.504. The summed E-state index contributed by atoms with van der Waals surface area (Å²) in [6.07, 6.45) is 5.73. The number of piperidine rings is 1. The summed E-state index contributed by atoms with van der Waals surface area (Å²) in [5.74, 6) is 0.732. The lowest BCUT2D eigenvalue weighted by molar-refractivity contribution is 0.175. The largest absolute Gasteiger partial charge is 0.409 e. The summed E-state index contributed by atoms with van der Waals surface area (Å²) in [5.41, 5.74) is 0.886. The lowest BCUT2D eigenvalue weighted by Crippen LogP contribution is -2.41. The summed E-state index contributed by atoms with van der Waals surface area (Å²) in [6, 6.07) is 3.31. The smallest absolute Gasteiger partial charge is 0.192 e. The zero-order valence-electron chi connectivity index (χ0n) is 17.2. The number of nitrogens with one attached hydrogen (secondary N) is 1. The number of rotatable bonds is 10. The normalized spacial score (nSPS) is 18.0. The van der Waals surface area contributed by atoms with Gasteiger partial charge < -0.3 is 14.6 Å². The van der Waals surface area contributed by atoms with E-state index in [0.29, 0.717) is 10.0 Å². The fraction of sp³-hybridized carbons (Fsp3) is 0.750. The van der Waals surface area contributed by atoms with Crippen molar-refractivity contribution < 1.29 is 4.43 Å². The predicted molar refractivity (Wildman–Crippen MR) is 118 cm³/mol. The zero-order chi connectivity index (χ0) is 19.9. The average molecular weight is 433 g/mol. The van der Waals surface area contributed by atoms with Gasteiger partial charge in [0.05, 0.1) is 16.1 Å². The first-order chi connectivity index (χ1) is 12.9. The molecule has 1 aromatic heterocycles. The molecular formula is C20H35Cl2N3OSi. The SMILES string of the molecule is CC[Si](CC)(CC)OC(CNCC1CCN(C)CC1)c1c(Cl)cncc1Cl. The van der Waals surface area contributed by atoms with E-state index in [9.17, 15) is 0 Å². The summed E-state index contributed by atoms with van der Waals surface area (Å²) in [4.78, 5) is 6.52. The standard InChI is InChI=1S/C20H35Cl2N3OSi/c1-5-27(6-2,7-3)26-19(20-17(21)13-24-14-18(20)22)15-23-12-16-8-10-25(4)11-9-16/h13-14,16,19,23H,5-12,15H2,1-4H3. The molecule has 1 saturated heterocycles. The number of hydrogen-bond acceptors (Lipinski definition) is 4. The van der Waals surface area contributed by atoms with Gasteiger partial charge in [0, 0.05) is 24.5 Å². The maximum absolute atomic E-state index is 6.81. The van der Waals surface area contributed by atoms with E-state index in [1.807, 2.05) is 0 Å². The summed E-state index contributed by atoms with van der Waals surface area (Å²) in [5, 5.41) is 4.85. The van der Waals surface area contributed by atoms with Crippen LogP contribution in [0.25, 0.3) is 0 Å². The minimum Gasteiger partial charge on any atom is -0.409 e. The van der Waals surface area contributed by atoms with E-state index in [0.717, 1.165) is 42.7 Å². The number of likely N-dealkylation sites (tertiary alicyclic amines) is 1. The number of hydrogen-bond donors (Lipinski definition) is 1. The fourth-order valence-electron chi connectivity index (χ4n) is 3.92. The summed E-state index contributed by atoms with van der Waals surface area (Å²) in [7, 11) is 0.408. The Morgan fingerprint density at radius 1 is 1.15 bits per heavy atom. The average Bonchev–Trinajstić information content (AvgIpc) is 2.67. The van der Waals surface area contributed by atoms with E-state index in [1.54, 1.807) is 12.4 Å². The Bertz CT molecular complexity index is 550. The Kier molecular flexibility index (Phi) is 9.52. The third-order valence-electron chi connectivity index (χ3n) is 6.14. The zero-order valence-corrected chi connectivity index (χ0v) is 19.7. The van der Waals surface area contributed by atoms with Gasteiger partial charge in [-0.25, -0.2) is 0 Å². The molecule has 1 unspecified atom stereocenters. The van der Waals surface area contributed by atoms with E-state index in [1.165, 1.54) is 25.9 Å². The summed E-state index contributed by atoms with van der Waals surface area (Å²) >= 11 is 13.0. The van der Waals surface area contributed by atoms with Crippen molar-refractivity contribution in [2.45, 2.75) is 57.8 Å². The Morgan fingerprint density at radius 3 is 2.22 bits per heavy atom. The maximum Gasteiger partial charge on any atom is 0.192 e. The van der Waals surface area contributed by atoms with Crippen LogP contribution >= 0.6 is 23.2 Å². The van der Waals surface area contributed by atoms with E-state index >= 15 is 0 Å². The molecule has 1 aliphatic rings. The van der Waals surface area contributed by atoms with Crippen LogP contribution in [0.5, 0.6) is 0 Å². The molecule has 0 radical (unpaired) electrons. The topological polar surface area (TPSA) is 37.4 Å². The van der Waals surface area contributed by atoms with Crippen LogP contribution < -0.4 is 5.32 Å². The van der Waals surface area contributed by atoms with Gasteiger partial charge >= 0.3 is 0 Å². The van der Waals surface area contributed by atoms with E-state index in [-0.39, 0.29) is 6.10 Å². The Balaban J connectivity index is 2.10. The number of halogens is 2. The summed E-state index contributed by atoms with van der Waals surface area (Å²) < 4.78 is 6.81. The second-order valence-corrected chi connectivity index (χ2v) is 13.3. The van der Waals surface area contributed by atoms with Gasteiger partial charge in [-0.05, 0) is 63.6 Å². The van der Waals surface area contributed by atoms with Gasteiger partial charge in [0.2, 0.25) is 0 Å². The molecule has 27 heavy (non-hydrogen) atoms.